The minimum Gasteiger partial charge on any atom is -0.492 e. The van der Waals surface area contributed by atoms with Crippen LogP contribution in [0.5, 0.6) is 5.88 Å². The van der Waals surface area contributed by atoms with Gasteiger partial charge in [-0.15, -0.1) is 5.10 Å². The fourth-order valence-corrected chi connectivity index (χ4v) is 6.50. The normalized spacial score (nSPS) is 16.0. The highest BCUT2D eigenvalue weighted by Crippen LogP contribution is 2.41. The van der Waals surface area contributed by atoms with Crippen molar-refractivity contribution >= 4 is 16.3 Å². The molecule has 0 bridgehead atoms. The summed E-state index contributed by atoms with van der Waals surface area (Å²) < 4.78 is 15.3. The summed E-state index contributed by atoms with van der Waals surface area (Å²) in [4.78, 5) is 10.8. The second kappa shape index (κ2) is 10.0. The zero-order valence-corrected chi connectivity index (χ0v) is 21.4. The Balaban J connectivity index is 1.32. The van der Waals surface area contributed by atoms with E-state index in [1.807, 2.05) is 19.1 Å². The minimum absolute atomic E-state index is 0.101. The molecule has 0 unspecified atom stereocenters. The molecule has 2 aromatic heterocycles. The van der Waals surface area contributed by atoms with Gasteiger partial charge in [-0.3, -0.25) is 9.80 Å². The molecule has 37 heavy (non-hydrogen) atoms. The third-order valence-electron chi connectivity index (χ3n) is 7.05. The predicted octanol–water partition coefficient (Wildman–Crippen LogP) is 5.44. The molecule has 1 atom stereocenters. The smallest absolute Gasteiger partial charge is 0.230 e. The Kier molecular flexibility index (Phi) is 6.46. The topological polar surface area (TPSA) is 56.9 Å². The summed E-state index contributed by atoms with van der Waals surface area (Å²) in [5, 5.41) is 15.5. The fraction of sp³-hybridized carbons (Fsp3) is 0.241. The highest BCUT2D eigenvalue weighted by Gasteiger charge is 2.34. The van der Waals surface area contributed by atoms with E-state index in [9.17, 15) is 9.50 Å². The van der Waals surface area contributed by atoms with Gasteiger partial charge in [-0.1, -0.05) is 84.1 Å². The maximum atomic E-state index is 13.8. The van der Waals surface area contributed by atoms with E-state index >= 15 is 0 Å². The third-order valence-corrected chi connectivity index (χ3v) is 8.12. The van der Waals surface area contributed by atoms with Crippen LogP contribution in [0.3, 0.4) is 0 Å². The lowest BCUT2D eigenvalue weighted by molar-refractivity contribution is 0.0899. The van der Waals surface area contributed by atoms with Crippen LogP contribution in [0.1, 0.15) is 39.5 Å². The second-order valence-corrected chi connectivity index (χ2v) is 10.4. The van der Waals surface area contributed by atoms with Gasteiger partial charge in [0.25, 0.3) is 0 Å². The average Bonchev–Trinajstić information content (AvgIpc) is 3.44. The summed E-state index contributed by atoms with van der Waals surface area (Å²) in [5.41, 5.74) is 3.49. The molecule has 3 aromatic carbocycles. The number of benzene rings is 3. The van der Waals surface area contributed by atoms with Crippen LogP contribution in [0.2, 0.25) is 0 Å². The highest BCUT2D eigenvalue weighted by atomic mass is 32.1. The van der Waals surface area contributed by atoms with Crippen LogP contribution in [-0.4, -0.2) is 55.7 Å². The largest absolute Gasteiger partial charge is 0.492 e. The number of aromatic nitrogens is 3. The number of fused-ring (bicyclic) bond motifs is 1. The van der Waals surface area contributed by atoms with Crippen LogP contribution in [0, 0.1) is 12.7 Å². The maximum Gasteiger partial charge on any atom is 0.230 e. The minimum atomic E-state index is -0.275. The van der Waals surface area contributed by atoms with Gasteiger partial charge in [0.2, 0.25) is 10.8 Å². The first-order valence-corrected chi connectivity index (χ1v) is 13.3. The Morgan fingerprint density at radius 1 is 0.757 bits per heavy atom. The van der Waals surface area contributed by atoms with Gasteiger partial charge >= 0.3 is 0 Å². The van der Waals surface area contributed by atoms with Crippen molar-refractivity contribution in [3.8, 4) is 5.88 Å². The molecule has 1 aliphatic heterocycles. The zero-order valence-electron chi connectivity index (χ0n) is 20.5. The molecule has 0 radical (unpaired) electrons. The van der Waals surface area contributed by atoms with Crippen molar-refractivity contribution in [3.63, 3.8) is 0 Å². The standard InChI is InChI=1S/C29H28FN5OS/c1-20-31-29-35(32-20)28(36)27(37-29)26(23-12-14-24(30)15-13-23)34-18-16-33(17-19-34)25(21-8-4-2-5-9-21)22-10-6-3-7-11-22/h2-15,25-26,36H,16-19H2,1H3/t26-/m0/s1. The Bertz CT molecular complexity index is 1440. The number of aryl methyl sites for hydroxylation is 1. The summed E-state index contributed by atoms with van der Waals surface area (Å²) in [7, 11) is 0. The van der Waals surface area contributed by atoms with Crippen LogP contribution in [-0.2, 0) is 0 Å². The van der Waals surface area contributed by atoms with Gasteiger partial charge in [-0.25, -0.2) is 9.37 Å². The maximum absolute atomic E-state index is 13.8. The Morgan fingerprint density at radius 3 is 1.81 bits per heavy atom. The van der Waals surface area contributed by atoms with E-state index in [0.717, 1.165) is 36.6 Å². The molecule has 5 aromatic rings. The van der Waals surface area contributed by atoms with Gasteiger partial charge in [0.15, 0.2) is 0 Å². The molecule has 0 aliphatic carbocycles. The van der Waals surface area contributed by atoms with Crippen LogP contribution < -0.4 is 0 Å². The Labute approximate surface area is 219 Å². The van der Waals surface area contributed by atoms with Crippen LogP contribution >= 0.6 is 11.3 Å². The summed E-state index contributed by atoms with van der Waals surface area (Å²) in [6, 6.07) is 27.8. The number of hydrogen-bond donors (Lipinski definition) is 1. The number of halogens is 1. The summed E-state index contributed by atoms with van der Waals surface area (Å²) in [6.07, 6.45) is 0. The molecule has 1 saturated heterocycles. The molecular formula is C29H28FN5OS. The molecule has 0 saturated carbocycles. The third kappa shape index (κ3) is 4.64. The lowest BCUT2D eigenvalue weighted by Crippen LogP contribution is -2.49. The molecule has 0 amide bonds. The quantitative estimate of drug-likeness (QED) is 0.328. The molecule has 0 spiro atoms. The van der Waals surface area contributed by atoms with Crippen molar-refractivity contribution in [1.29, 1.82) is 0 Å². The average molecular weight is 514 g/mol. The van der Waals surface area contributed by atoms with Gasteiger partial charge < -0.3 is 5.11 Å². The lowest BCUT2D eigenvalue weighted by atomic mass is 9.96. The van der Waals surface area contributed by atoms with Crippen molar-refractivity contribution in [2.75, 3.05) is 26.2 Å². The monoisotopic (exact) mass is 513 g/mol. The van der Waals surface area contributed by atoms with Gasteiger partial charge in [0, 0.05) is 26.2 Å². The van der Waals surface area contributed by atoms with E-state index in [-0.39, 0.29) is 23.8 Å². The molecule has 188 valence electrons. The first-order chi connectivity index (χ1) is 18.1. The molecule has 6 nitrogen and oxygen atoms in total. The molecule has 1 aliphatic rings. The van der Waals surface area contributed by atoms with Crippen molar-refractivity contribution in [2.45, 2.75) is 19.0 Å². The van der Waals surface area contributed by atoms with E-state index in [0.29, 0.717) is 10.8 Å². The van der Waals surface area contributed by atoms with Gasteiger partial charge in [-0.2, -0.15) is 4.52 Å². The van der Waals surface area contributed by atoms with Crippen molar-refractivity contribution in [2.24, 2.45) is 0 Å². The van der Waals surface area contributed by atoms with Crippen molar-refractivity contribution in [3.05, 3.63) is 118 Å². The van der Waals surface area contributed by atoms with E-state index in [4.69, 9.17) is 0 Å². The number of aromatic hydroxyl groups is 1. The van der Waals surface area contributed by atoms with Crippen molar-refractivity contribution in [1.82, 2.24) is 24.4 Å². The predicted molar refractivity (Wildman–Crippen MR) is 143 cm³/mol. The molecule has 1 N–H and O–H groups in total. The van der Waals surface area contributed by atoms with E-state index in [1.54, 1.807) is 0 Å². The Morgan fingerprint density at radius 2 is 1.27 bits per heavy atom. The van der Waals surface area contributed by atoms with E-state index in [1.165, 1.54) is 39.1 Å². The fourth-order valence-electron chi connectivity index (χ4n) is 5.34. The molecular weight excluding hydrogens is 485 g/mol. The van der Waals surface area contributed by atoms with Crippen LogP contribution in [0.15, 0.2) is 84.9 Å². The highest BCUT2D eigenvalue weighted by molar-refractivity contribution is 7.17. The van der Waals surface area contributed by atoms with Crippen LogP contribution in [0.4, 0.5) is 4.39 Å². The number of hydrogen-bond acceptors (Lipinski definition) is 6. The van der Waals surface area contributed by atoms with Crippen molar-refractivity contribution < 1.29 is 9.50 Å². The van der Waals surface area contributed by atoms with Gasteiger partial charge in [0.05, 0.1) is 17.0 Å². The second-order valence-electron chi connectivity index (χ2n) is 9.39. The van der Waals surface area contributed by atoms with E-state index < -0.39 is 0 Å². The van der Waals surface area contributed by atoms with Gasteiger partial charge in [0.1, 0.15) is 11.6 Å². The van der Waals surface area contributed by atoms with E-state index in [2.05, 4.69) is 80.5 Å². The number of thiazole rings is 1. The van der Waals surface area contributed by atoms with Crippen LogP contribution in [0.25, 0.3) is 4.96 Å². The summed E-state index contributed by atoms with van der Waals surface area (Å²) >= 11 is 1.44. The first kappa shape index (κ1) is 23.8. The van der Waals surface area contributed by atoms with Gasteiger partial charge in [-0.05, 0) is 35.7 Å². The number of nitrogens with zero attached hydrogens (tertiary/aromatic N) is 5. The Hall–Kier alpha value is -3.59. The molecule has 6 rings (SSSR count). The lowest BCUT2D eigenvalue weighted by Gasteiger charge is -2.42. The molecule has 8 heteroatoms. The summed E-state index contributed by atoms with van der Waals surface area (Å²) in [5.74, 6) is 0.445. The number of piperazine rings is 1. The summed E-state index contributed by atoms with van der Waals surface area (Å²) in [6.45, 7) is 5.11. The number of rotatable bonds is 6. The molecule has 3 heterocycles. The first-order valence-electron chi connectivity index (χ1n) is 12.5. The molecule has 1 fully saturated rings. The SMILES string of the molecule is Cc1nc2sc([C@H](c3ccc(F)cc3)N3CCN(C(c4ccccc4)c4ccccc4)CC3)c(O)n2n1. The zero-order chi connectivity index (χ0) is 25.4.